The lowest BCUT2D eigenvalue weighted by atomic mass is 10.2. The first kappa shape index (κ1) is 15.2. The molecule has 0 aliphatic rings. The summed E-state index contributed by atoms with van der Waals surface area (Å²) in [6, 6.07) is 16.0. The Balaban J connectivity index is 1.75. The van der Waals surface area contributed by atoms with Crippen molar-refractivity contribution < 1.29 is 9.90 Å². The number of aromatic hydroxyl groups is 1. The minimum absolute atomic E-state index is 0.0787. The number of hydrazone groups is 1. The maximum atomic E-state index is 12.1. The summed E-state index contributed by atoms with van der Waals surface area (Å²) in [5.41, 5.74) is 3.91. The van der Waals surface area contributed by atoms with Crippen LogP contribution in [0.4, 0.5) is 0 Å². The van der Waals surface area contributed by atoms with Gasteiger partial charge in [-0.2, -0.15) is 5.10 Å². The van der Waals surface area contributed by atoms with Crippen molar-refractivity contribution in [3.8, 4) is 5.75 Å². The lowest BCUT2D eigenvalue weighted by Crippen LogP contribution is -2.18. The molecule has 0 spiro atoms. The minimum Gasteiger partial charge on any atom is -0.507 e. The van der Waals surface area contributed by atoms with Crippen molar-refractivity contribution in [2.24, 2.45) is 5.10 Å². The third kappa shape index (κ3) is 3.54. The molecule has 0 aliphatic carbocycles. The van der Waals surface area contributed by atoms with Crippen molar-refractivity contribution in [1.29, 1.82) is 0 Å². The highest BCUT2D eigenvalue weighted by atomic mass is 79.9. The Morgan fingerprint density at radius 3 is 2.87 bits per heavy atom. The van der Waals surface area contributed by atoms with Crippen LogP contribution in [0.1, 0.15) is 16.1 Å². The fourth-order valence-corrected chi connectivity index (χ4v) is 2.42. The maximum absolute atomic E-state index is 12.1. The van der Waals surface area contributed by atoms with Gasteiger partial charge in [-0.1, -0.05) is 40.2 Å². The quantitative estimate of drug-likeness (QED) is 0.548. The predicted molar refractivity (Wildman–Crippen MR) is 92.6 cm³/mol. The number of pyridine rings is 1. The number of hydrogen-bond acceptors (Lipinski definition) is 4. The zero-order valence-corrected chi connectivity index (χ0v) is 13.5. The first-order valence-corrected chi connectivity index (χ1v) is 7.60. The van der Waals surface area contributed by atoms with Crippen molar-refractivity contribution in [2.75, 3.05) is 0 Å². The number of phenolic OH excluding ortho intramolecular Hbond substituents is 1. The second kappa shape index (κ2) is 6.58. The van der Waals surface area contributed by atoms with Gasteiger partial charge in [0, 0.05) is 15.4 Å². The van der Waals surface area contributed by atoms with Crippen molar-refractivity contribution in [3.63, 3.8) is 0 Å². The van der Waals surface area contributed by atoms with Crippen molar-refractivity contribution >= 4 is 39.0 Å². The third-order valence-corrected chi connectivity index (χ3v) is 3.68. The molecule has 2 aromatic carbocycles. The fraction of sp³-hybridized carbons (Fsp3) is 0. The van der Waals surface area contributed by atoms with Gasteiger partial charge >= 0.3 is 0 Å². The van der Waals surface area contributed by atoms with Crippen molar-refractivity contribution in [1.82, 2.24) is 10.4 Å². The molecule has 1 heterocycles. The van der Waals surface area contributed by atoms with E-state index in [1.165, 1.54) is 12.3 Å². The number of nitrogens with zero attached hydrogens (tertiary/aromatic N) is 2. The first-order chi connectivity index (χ1) is 11.1. The van der Waals surface area contributed by atoms with E-state index in [-0.39, 0.29) is 11.4 Å². The Hall–Kier alpha value is -2.73. The van der Waals surface area contributed by atoms with Crippen LogP contribution in [0.25, 0.3) is 10.9 Å². The molecule has 0 saturated carbocycles. The maximum Gasteiger partial charge on any atom is 0.289 e. The average molecular weight is 370 g/mol. The van der Waals surface area contributed by atoms with Crippen LogP contribution < -0.4 is 5.43 Å². The minimum atomic E-state index is -0.415. The van der Waals surface area contributed by atoms with E-state index in [0.29, 0.717) is 5.56 Å². The normalized spacial score (nSPS) is 11.0. The van der Waals surface area contributed by atoms with Crippen LogP contribution in [0.2, 0.25) is 0 Å². The molecule has 1 aromatic heterocycles. The zero-order chi connectivity index (χ0) is 16.2. The van der Waals surface area contributed by atoms with E-state index in [2.05, 4.69) is 31.4 Å². The second-order valence-corrected chi connectivity index (χ2v) is 5.71. The summed E-state index contributed by atoms with van der Waals surface area (Å²) in [4.78, 5) is 16.4. The summed E-state index contributed by atoms with van der Waals surface area (Å²) in [6.07, 6.45) is 1.37. The number of phenols is 1. The Morgan fingerprint density at radius 1 is 1.17 bits per heavy atom. The summed E-state index contributed by atoms with van der Waals surface area (Å²) >= 11 is 3.31. The Bertz CT molecular complexity index is 909. The summed E-state index contributed by atoms with van der Waals surface area (Å²) in [7, 11) is 0. The van der Waals surface area contributed by atoms with Crippen molar-refractivity contribution in [3.05, 3.63) is 70.3 Å². The molecule has 0 radical (unpaired) electrons. The number of aromatic nitrogens is 1. The number of rotatable bonds is 3. The highest BCUT2D eigenvalue weighted by Crippen LogP contribution is 2.20. The molecule has 6 heteroatoms. The molecule has 3 aromatic rings. The van der Waals surface area contributed by atoms with Crippen molar-refractivity contribution in [2.45, 2.75) is 0 Å². The molecule has 3 rings (SSSR count). The monoisotopic (exact) mass is 369 g/mol. The number of hydrogen-bond donors (Lipinski definition) is 2. The summed E-state index contributed by atoms with van der Waals surface area (Å²) in [5.74, 6) is -0.337. The zero-order valence-electron chi connectivity index (χ0n) is 11.9. The average Bonchev–Trinajstić information content (AvgIpc) is 2.57. The topological polar surface area (TPSA) is 74.6 Å². The molecule has 0 bridgehead atoms. The molecule has 0 fully saturated rings. The molecule has 2 N–H and O–H groups in total. The van der Waals surface area contributed by atoms with Gasteiger partial charge in [-0.15, -0.1) is 0 Å². The SMILES string of the molecule is O=C(N/N=C\c1cc(Br)ccc1O)c1ccc2ccccc2n1. The largest absolute Gasteiger partial charge is 0.507 e. The van der Waals surface area contributed by atoms with Gasteiger partial charge in [0.05, 0.1) is 11.7 Å². The standard InChI is InChI=1S/C17H12BrN3O2/c18-13-6-8-16(22)12(9-13)10-19-21-17(23)15-7-5-11-3-1-2-4-14(11)20-15/h1-10,22H,(H,21,23)/b19-10-. The van der Waals surface area contributed by atoms with Crippen LogP contribution in [0.3, 0.4) is 0 Å². The molecule has 1 amide bonds. The Morgan fingerprint density at radius 2 is 2.00 bits per heavy atom. The third-order valence-electron chi connectivity index (χ3n) is 3.19. The highest BCUT2D eigenvalue weighted by molar-refractivity contribution is 9.10. The van der Waals surface area contributed by atoms with Gasteiger partial charge in [0.2, 0.25) is 0 Å². The van der Waals surface area contributed by atoms with E-state index < -0.39 is 5.91 Å². The first-order valence-electron chi connectivity index (χ1n) is 6.81. The summed E-state index contributed by atoms with van der Waals surface area (Å²) < 4.78 is 0.805. The lowest BCUT2D eigenvalue weighted by Gasteiger charge is -2.02. The van der Waals surface area contributed by atoms with Gasteiger partial charge in [-0.05, 0) is 30.3 Å². The van der Waals surface area contributed by atoms with E-state index in [0.717, 1.165) is 15.4 Å². The van der Waals surface area contributed by atoms with E-state index in [1.807, 2.05) is 30.3 Å². The Kier molecular flexibility index (Phi) is 4.34. The van der Waals surface area contributed by atoms with E-state index in [9.17, 15) is 9.90 Å². The molecule has 0 aliphatic heterocycles. The van der Waals surface area contributed by atoms with Gasteiger partial charge in [-0.3, -0.25) is 4.79 Å². The second-order valence-electron chi connectivity index (χ2n) is 4.79. The molecular formula is C17H12BrN3O2. The fourth-order valence-electron chi connectivity index (χ4n) is 2.04. The highest BCUT2D eigenvalue weighted by Gasteiger charge is 2.07. The van der Waals surface area contributed by atoms with Crippen LogP contribution in [-0.4, -0.2) is 22.2 Å². The summed E-state index contributed by atoms with van der Waals surface area (Å²) in [6.45, 7) is 0. The van der Waals surface area contributed by atoms with Gasteiger partial charge in [0.1, 0.15) is 11.4 Å². The van der Waals surface area contributed by atoms with Crippen LogP contribution in [0, 0.1) is 0 Å². The number of benzene rings is 2. The van der Waals surface area contributed by atoms with Gasteiger partial charge in [0.15, 0.2) is 0 Å². The van der Waals surface area contributed by atoms with E-state index >= 15 is 0 Å². The number of carbonyl (C=O) groups is 1. The van der Waals surface area contributed by atoms with Crippen LogP contribution in [-0.2, 0) is 0 Å². The number of carbonyl (C=O) groups excluding carboxylic acids is 1. The Labute approximate surface area is 140 Å². The molecule has 5 nitrogen and oxygen atoms in total. The van der Waals surface area contributed by atoms with Crippen LogP contribution >= 0.6 is 15.9 Å². The number of halogens is 1. The number of nitrogens with one attached hydrogen (secondary N) is 1. The van der Waals surface area contributed by atoms with Crippen LogP contribution in [0.15, 0.2) is 64.2 Å². The molecule has 0 saturated heterocycles. The predicted octanol–water partition coefficient (Wildman–Crippen LogP) is 3.47. The molecule has 23 heavy (non-hydrogen) atoms. The summed E-state index contributed by atoms with van der Waals surface area (Å²) in [5, 5.41) is 14.5. The lowest BCUT2D eigenvalue weighted by molar-refractivity contribution is 0.0950. The van der Waals surface area contributed by atoms with Gasteiger partial charge < -0.3 is 5.11 Å². The van der Waals surface area contributed by atoms with Gasteiger partial charge in [-0.25, -0.2) is 10.4 Å². The number of fused-ring (bicyclic) bond motifs is 1. The molecule has 0 unspecified atom stereocenters. The molecular weight excluding hydrogens is 358 g/mol. The van der Waals surface area contributed by atoms with Gasteiger partial charge in [0.25, 0.3) is 5.91 Å². The molecule has 0 atom stereocenters. The smallest absolute Gasteiger partial charge is 0.289 e. The van der Waals surface area contributed by atoms with Crippen LogP contribution in [0.5, 0.6) is 5.75 Å². The number of para-hydroxylation sites is 1. The number of amides is 1. The van der Waals surface area contributed by atoms with E-state index in [1.54, 1.807) is 18.2 Å². The molecule has 114 valence electrons. The van der Waals surface area contributed by atoms with E-state index in [4.69, 9.17) is 0 Å².